The maximum Gasteiger partial charge on any atom is 0.261 e. The van der Waals surface area contributed by atoms with Gasteiger partial charge in [0.2, 0.25) is 15.9 Å². The van der Waals surface area contributed by atoms with Gasteiger partial charge >= 0.3 is 0 Å². The number of benzene rings is 4. The third-order valence-electron chi connectivity index (χ3n) is 7.68. The SMILES string of the molecule is COc1ccc(CN(C(=O)COc2ccc(S(=O)(=O)N3CCOCC3)cc2)[C@H](C(=O)NCc2ccc(Cl)cc2)c2ccccc2)cc1. The average Bonchev–Trinajstić information content (AvgIpc) is 3.11. The third-order valence-corrected chi connectivity index (χ3v) is 9.85. The maximum absolute atomic E-state index is 14.0. The van der Waals surface area contributed by atoms with Gasteiger partial charge in [-0.1, -0.05) is 66.2 Å². The van der Waals surface area contributed by atoms with Crippen molar-refractivity contribution in [2.24, 2.45) is 0 Å². The Morgan fingerprint density at radius 3 is 2.13 bits per heavy atom. The van der Waals surface area contributed by atoms with Crippen molar-refractivity contribution < 1.29 is 32.2 Å². The number of carbonyl (C=O) groups is 2. The number of hydrogen-bond acceptors (Lipinski definition) is 7. The Morgan fingerprint density at radius 1 is 0.872 bits per heavy atom. The number of carbonyl (C=O) groups excluding carboxylic acids is 2. The highest BCUT2D eigenvalue weighted by molar-refractivity contribution is 7.89. The topological polar surface area (TPSA) is 114 Å². The molecule has 10 nitrogen and oxygen atoms in total. The van der Waals surface area contributed by atoms with Crippen LogP contribution in [0.5, 0.6) is 11.5 Å². The average molecular weight is 678 g/mol. The van der Waals surface area contributed by atoms with Crippen LogP contribution in [-0.4, -0.2) is 69.5 Å². The monoisotopic (exact) mass is 677 g/mol. The minimum absolute atomic E-state index is 0.108. The van der Waals surface area contributed by atoms with Gasteiger partial charge < -0.3 is 24.4 Å². The summed E-state index contributed by atoms with van der Waals surface area (Å²) >= 11 is 6.03. The van der Waals surface area contributed by atoms with Crippen LogP contribution < -0.4 is 14.8 Å². The number of morpholine rings is 1. The highest BCUT2D eigenvalue weighted by atomic mass is 35.5. The Hall–Kier alpha value is -4.42. The largest absolute Gasteiger partial charge is 0.497 e. The van der Waals surface area contributed by atoms with Gasteiger partial charge in [-0.2, -0.15) is 4.31 Å². The molecule has 1 atom stereocenters. The lowest BCUT2D eigenvalue weighted by Gasteiger charge is -2.31. The van der Waals surface area contributed by atoms with Crippen LogP contribution in [0.15, 0.2) is 108 Å². The zero-order valence-corrected chi connectivity index (χ0v) is 27.5. The number of rotatable bonds is 13. The molecule has 0 radical (unpaired) electrons. The summed E-state index contributed by atoms with van der Waals surface area (Å²) in [6.45, 7) is 1.22. The Bertz CT molecular complexity index is 1730. The normalized spacial score (nSPS) is 14.2. The Labute approximate surface area is 279 Å². The first-order valence-electron chi connectivity index (χ1n) is 15.0. The second kappa shape index (κ2) is 15.9. The third kappa shape index (κ3) is 8.89. The second-order valence-electron chi connectivity index (χ2n) is 10.8. The van der Waals surface area contributed by atoms with Gasteiger partial charge in [0.05, 0.1) is 25.2 Å². The van der Waals surface area contributed by atoms with Crippen molar-refractivity contribution in [3.63, 3.8) is 0 Å². The summed E-state index contributed by atoms with van der Waals surface area (Å²) in [5.74, 6) is 0.161. The van der Waals surface area contributed by atoms with Crippen LogP contribution in [0.2, 0.25) is 5.02 Å². The fraction of sp³-hybridized carbons (Fsp3) is 0.257. The molecule has 1 heterocycles. The summed E-state index contributed by atoms with van der Waals surface area (Å²) in [4.78, 5) is 29.5. The smallest absolute Gasteiger partial charge is 0.261 e. The van der Waals surface area contributed by atoms with Crippen molar-refractivity contribution >= 4 is 33.4 Å². The zero-order valence-electron chi connectivity index (χ0n) is 25.9. The molecule has 0 aromatic heterocycles. The molecule has 246 valence electrons. The standard InChI is InChI=1S/C35H36ClN3O7S/c1-44-30-13-9-27(10-14-30)24-39(34(28-5-3-2-4-6-28)35(41)37-23-26-7-11-29(36)12-8-26)33(40)25-46-31-15-17-32(18-16-31)47(42,43)38-19-21-45-22-20-38/h2-18,34H,19-25H2,1H3,(H,37,41)/t34-/m0/s1. The lowest BCUT2D eigenvalue weighted by Crippen LogP contribution is -2.45. The number of amides is 2. The number of ether oxygens (including phenoxy) is 3. The van der Waals surface area contributed by atoms with E-state index in [1.54, 1.807) is 43.5 Å². The highest BCUT2D eigenvalue weighted by Crippen LogP contribution is 2.26. The van der Waals surface area contributed by atoms with Gasteiger partial charge in [-0.15, -0.1) is 0 Å². The molecule has 1 aliphatic heterocycles. The second-order valence-corrected chi connectivity index (χ2v) is 13.2. The van der Waals surface area contributed by atoms with Gasteiger partial charge in [-0.3, -0.25) is 9.59 Å². The molecule has 5 rings (SSSR count). The molecule has 0 aliphatic carbocycles. The number of nitrogens with one attached hydrogen (secondary N) is 1. The molecule has 12 heteroatoms. The van der Waals surface area contributed by atoms with Gasteiger partial charge in [-0.25, -0.2) is 8.42 Å². The summed E-state index contributed by atoms with van der Waals surface area (Å²) in [5.41, 5.74) is 2.26. The molecule has 2 amide bonds. The van der Waals surface area contributed by atoms with E-state index in [-0.39, 0.29) is 43.6 Å². The maximum atomic E-state index is 14.0. The fourth-order valence-electron chi connectivity index (χ4n) is 5.12. The van der Waals surface area contributed by atoms with Gasteiger partial charge in [0, 0.05) is 31.2 Å². The molecule has 1 saturated heterocycles. The van der Waals surface area contributed by atoms with Gasteiger partial charge in [0.15, 0.2) is 6.61 Å². The first-order valence-corrected chi connectivity index (χ1v) is 16.9. The van der Waals surface area contributed by atoms with Crippen molar-refractivity contribution in [1.29, 1.82) is 0 Å². The van der Waals surface area contributed by atoms with Gasteiger partial charge in [0.1, 0.15) is 17.5 Å². The van der Waals surface area contributed by atoms with E-state index in [1.165, 1.54) is 33.5 Å². The van der Waals surface area contributed by atoms with Gasteiger partial charge in [-0.05, 0) is 65.2 Å². The number of nitrogens with zero attached hydrogens (tertiary/aromatic N) is 2. The van der Waals surface area contributed by atoms with Crippen LogP contribution in [-0.2, 0) is 37.4 Å². The van der Waals surface area contributed by atoms with E-state index in [2.05, 4.69) is 5.32 Å². The van der Waals surface area contributed by atoms with E-state index in [4.69, 9.17) is 25.8 Å². The summed E-state index contributed by atoms with van der Waals surface area (Å²) in [5, 5.41) is 3.56. The molecular formula is C35H36ClN3O7S. The molecule has 4 aromatic carbocycles. The van der Waals surface area contributed by atoms with Crippen LogP contribution in [0.25, 0.3) is 0 Å². The number of hydrogen-bond donors (Lipinski definition) is 1. The molecule has 1 N–H and O–H groups in total. The van der Waals surface area contributed by atoms with Crippen molar-refractivity contribution in [2.75, 3.05) is 40.0 Å². The molecule has 1 fully saturated rings. The molecule has 0 saturated carbocycles. The predicted molar refractivity (Wildman–Crippen MR) is 178 cm³/mol. The summed E-state index contributed by atoms with van der Waals surface area (Å²) in [7, 11) is -2.11. The summed E-state index contributed by atoms with van der Waals surface area (Å²) < 4.78 is 43.8. The van der Waals surface area contributed by atoms with Crippen LogP contribution in [0.3, 0.4) is 0 Å². The van der Waals surface area contributed by atoms with Gasteiger partial charge in [0.25, 0.3) is 5.91 Å². The first-order chi connectivity index (χ1) is 22.7. The molecular weight excluding hydrogens is 642 g/mol. The van der Waals surface area contributed by atoms with Crippen molar-refractivity contribution in [3.05, 3.63) is 125 Å². The number of sulfonamides is 1. The van der Waals surface area contributed by atoms with E-state index in [1.807, 2.05) is 42.5 Å². The molecule has 47 heavy (non-hydrogen) atoms. The summed E-state index contributed by atoms with van der Waals surface area (Å²) in [6.07, 6.45) is 0. The van der Waals surface area contributed by atoms with E-state index >= 15 is 0 Å². The highest BCUT2D eigenvalue weighted by Gasteiger charge is 2.32. The zero-order chi connectivity index (χ0) is 33.2. The van der Waals surface area contributed by atoms with Crippen molar-refractivity contribution in [3.8, 4) is 11.5 Å². The minimum Gasteiger partial charge on any atom is -0.497 e. The van der Waals surface area contributed by atoms with Crippen molar-refractivity contribution in [2.45, 2.75) is 24.0 Å². The molecule has 1 aliphatic rings. The predicted octanol–water partition coefficient (Wildman–Crippen LogP) is 4.83. The molecule has 0 bridgehead atoms. The van der Waals surface area contributed by atoms with Crippen molar-refractivity contribution in [1.82, 2.24) is 14.5 Å². The number of halogens is 1. The van der Waals surface area contributed by atoms with E-state index in [9.17, 15) is 18.0 Å². The van der Waals surface area contributed by atoms with Crippen LogP contribution in [0.1, 0.15) is 22.7 Å². The van der Waals surface area contributed by atoms with Crippen LogP contribution in [0.4, 0.5) is 0 Å². The van der Waals surface area contributed by atoms with E-state index in [0.29, 0.717) is 35.3 Å². The number of methoxy groups -OCH3 is 1. The lowest BCUT2D eigenvalue weighted by molar-refractivity contribution is -0.143. The first kappa shape index (κ1) is 33.9. The van der Waals surface area contributed by atoms with E-state index < -0.39 is 22.0 Å². The molecule has 0 spiro atoms. The Kier molecular flexibility index (Phi) is 11.5. The molecule has 0 unspecified atom stereocenters. The van der Waals surface area contributed by atoms with E-state index in [0.717, 1.165) is 11.1 Å². The van der Waals surface area contributed by atoms with Crippen LogP contribution >= 0.6 is 11.6 Å². The molecule has 4 aromatic rings. The Morgan fingerprint density at radius 2 is 1.49 bits per heavy atom. The lowest BCUT2D eigenvalue weighted by atomic mass is 10.0. The summed E-state index contributed by atoms with van der Waals surface area (Å²) in [6, 6.07) is 28.4. The quantitative estimate of drug-likeness (QED) is 0.216. The minimum atomic E-state index is -3.68. The Balaban J connectivity index is 1.37. The van der Waals surface area contributed by atoms with Crippen LogP contribution in [0, 0.1) is 0 Å². The fourth-order valence-corrected chi connectivity index (χ4v) is 6.65.